The maximum atomic E-state index is 13.1. The summed E-state index contributed by atoms with van der Waals surface area (Å²) in [7, 11) is 0. The number of amides is 2. The summed E-state index contributed by atoms with van der Waals surface area (Å²) in [5, 5.41) is 2.85. The molecule has 2 aromatic carbocycles. The fourth-order valence-corrected chi connectivity index (χ4v) is 3.47. The van der Waals surface area contributed by atoms with Gasteiger partial charge in [-0.3, -0.25) is 9.59 Å². The number of likely N-dealkylation sites (N-methyl/N-ethyl adjacent to an activating group) is 1. The van der Waals surface area contributed by atoms with Crippen molar-refractivity contribution >= 4 is 11.8 Å². The number of nitrogens with one attached hydrogen (secondary N) is 1. The zero-order chi connectivity index (χ0) is 22.9. The van der Waals surface area contributed by atoms with Crippen molar-refractivity contribution in [3.63, 3.8) is 0 Å². The Kier molecular flexibility index (Phi) is 9.10. The first-order chi connectivity index (χ1) is 14.8. The van der Waals surface area contributed by atoms with Gasteiger partial charge in [0.15, 0.2) is 6.61 Å². The Balaban J connectivity index is 2.09. The lowest BCUT2D eigenvalue weighted by Crippen LogP contribution is -2.51. The zero-order valence-electron chi connectivity index (χ0n) is 19.5. The highest BCUT2D eigenvalue weighted by Gasteiger charge is 2.28. The minimum Gasteiger partial charge on any atom is -0.484 e. The first kappa shape index (κ1) is 24.4. The molecule has 0 spiro atoms. The summed E-state index contributed by atoms with van der Waals surface area (Å²) in [6.07, 6.45) is 1.23. The van der Waals surface area contributed by atoms with E-state index in [2.05, 4.69) is 26.1 Å². The number of hydrogen-bond acceptors (Lipinski definition) is 3. The third-order valence-corrected chi connectivity index (χ3v) is 5.30. The highest BCUT2D eigenvalue weighted by Crippen LogP contribution is 2.24. The van der Waals surface area contributed by atoms with Gasteiger partial charge in [0.1, 0.15) is 11.8 Å². The SMILES string of the molecule is CCNC(=O)[C@H](CC)N(CCc1ccccc1)C(=O)COc1ccc(C(C)(C)C)cc1. The summed E-state index contributed by atoms with van der Waals surface area (Å²) in [6, 6.07) is 17.3. The van der Waals surface area contributed by atoms with Gasteiger partial charge in [-0.25, -0.2) is 0 Å². The van der Waals surface area contributed by atoms with Crippen LogP contribution in [-0.4, -0.2) is 42.5 Å². The van der Waals surface area contributed by atoms with Crippen molar-refractivity contribution in [2.45, 2.75) is 58.9 Å². The molecule has 0 fully saturated rings. The van der Waals surface area contributed by atoms with Crippen LogP contribution < -0.4 is 10.1 Å². The van der Waals surface area contributed by atoms with Crippen LogP contribution >= 0.6 is 0 Å². The van der Waals surface area contributed by atoms with Crippen LogP contribution in [-0.2, 0) is 21.4 Å². The topological polar surface area (TPSA) is 58.6 Å². The lowest BCUT2D eigenvalue weighted by molar-refractivity contribution is -0.142. The van der Waals surface area contributed by atoms with Crippen LogP contribution in [0.15, 0.2) is 54.6 Å². The molecule has 5 nitrogen and oxygen atoms in total. The Morgan fingerprint density at radius 2 is 1.65 bits per heavy atom. The maximum Gasteiger partial charge on any atom is 0.261 e. The van der Waals surface area contributed by atoms with E-state index >= 15 is 0 Å². The van der Waals surface area contributed by atoms with Crippen LogP contribution in [0.2, 0.25) is 0 Å². The molecule has 2 amide bonds. The predicted molar refractivity (Wildman–Crippen MR) is 125 cm³/mol. The van der Waals surface area contributed by atoms with E-state index in [1.54, 1.807) is 4.90 Å². The molecule has 168 valence electrons. The van der Waals surface area contributed by atoms with Crippen molar-refractivity contribution in [3.05, 3.63) is 65.7 Å². The third kappa shape index (κ3) is 7.42. The summed E-state index contributed by atoms with van der Waals surface area (Å²) in [4.78, 5) is 27.3. The Morgan fingerprint density at radius 1 is 1.00 bits per heavy atom. The Bertz CT molecular complexity index is 826. The lowest BCUT2D eigenvalue weighted by Gasteiger charge is -2.30. The third-order valence-electron chi connectivity index (χ3n) is 5.30. The van der Waals surface area contributed by atoms with Crippen LogP contribution in [0, 0.1) is 0 Å². The van der Waals surface area contributed by atoms with E-state index < -0.39 is 6.04 Å². The molecule has 0 aromatic heterocycles. The van der Waals surface area contributed by atoms with Crippen LogP contribution in [0.5, 0.6) is 5.75 Å². The quantitative estimate of drug-likeness (QED) is 0.617. The van der Waals surface area contributed by atoms with Gasteiger partial charge in [0.25, 0.3) is 5.91 Å². The van der Waals surface area contributed by atoms with E-state index in [1.165, 1.54) is 5.56 Å². The van der Waals surface area contributed by atoms with E-state index in [1.807, 2.05) is 68.4 Å². The number of nitrogens with zero attached hydrogens (tertiary/aromatic N) is 1. The Labute approximate surface area is 186 Å². The molecule has 2 rings (SSSR count). The number of benzene rings is 2. The van der Waals surface area contributed by atoms with Crippen molar-refractivity contribution < 1.29 is 14.3 Å². The fraction of sp³-hybridized carbons (Fsp3) is 0.462. The van der Waals surface area contributed by atoms with Crippen LogP contribution in [0.3, 0.4) is 0 Å². The van der Waals surface area contributed by atoms with Crippen molar-refractivity contribution in [3.8, 4) is 5.75 Å². The smallest absolute Gasteiger partial charge is 0.261 e. The molecular formula is C26H36N2O3. The van der Waals surface area contributed by atoms with Crippen LogP contribution in [0.1, 0.15) is 52.2 Å². The average molecular weight is 425 g/mol. The highest BCUT2D eigenvalue weighted by atomic mass is 16.5. The lowest BCUT2D eigenvalue weighted by atomic mass is 9.87. The van der Waals surface area contributed by atoms with Gasteiger partial charge in [-0.15, -0.1) is 0 Å². The average Bonchev–Trinajstić information content (AvgIpc) is 2.75. The number of hydrogen-bond donors (Lipinski definition) is 1. The van der Waals surface area contributed by atoms with Crippen LogP contribution in [0.25, 0.3) is 0 Å². The standard InChI is InChI=1S/C26H36N2O3/c1-6-23(25(30)27-7-2)28(18-17-20-11-9-8-10-12-20)24(29)19-31-22-15-13-21(14-16-22)26(3,4)5/h8-16,23H,6-7,17-19H2,1-5H3,(H,27,30)/t23-/m0/s1. The number of ether oxygens (including phenoxy) is 1. The molecule has 2 aromatic rings. The number of carbonyl (C=O) groups excluding carboxylic acids is 2. The van der Waals surface area contributed by atoms with Crippen molar-refractivity contribution in [2.75, 3.05) is 19.7 Å². The molecule has 0 aliphatic heterocycles. The number of rotatable bonds is 10. The molecule has 1 atom stereocenters. The second-order valence-electron chi connectivity index (χ2n) is 8.70. The molecule has 0 heterocycles. The van der Waals surface area contributed by atoms with Gasteiger partial charge in [0.05, 0.1) is 0 Å². The van der Waals surface area contributed by atoms with Crippen LogP contribution in [0.4, 0.5) is 0 Å². The van der Waals surface area contributed by atoms with Gasteiger partial charge in [0, 0.05) is 13.1 Å². The Morgan fingerprint density at radius 3 is 2.19 bits per heavy atom. The zero-order valence-corrected chi connectivity index (χ0v) is 19.5. The molecular weight excluding hydrogens is 388 g/mol. The molecule has 1 N–H and O–H groups in total. The summed E-state index contributed by atoms with van der Waals surface area (Å²) >= 11 is 0. The molecule has 0 saturated heterocycles. The molecule has 0 unspecified atom stereocenters. The summed E-state index contributed by atoms with van der Waals surface area (Å²) in [6.45, 7) is 11.2. The predicted octanol–water partition coefficient (Wildman–Crippen LogP) is 4.35. The second-order valence-corrected chi connectivity index (χ2v) is 8.70. The van der Waals surface area contributed by atoms with E-state index in [4.69, 9.17) is 4.74 Å². The fourth-order valence-electron chi connectivity index (χ4n) is 3.47. The van der Waals surface area contributed by atoms with Crippen molar-refractivity contribution in [1.82, 2.24) is 10.2 Å². The summed E-state index contributed by atoms with van der Waals surface area (Å²) in [5.74, 6) is 0.338. The van der Waals surface area contributed by atoms with Gasteiger partial charge < -0.3 is 15.0 Å². The minimum absolute atomic E-state index is 0.0591. The summed E-state index contributed by atoms with van der Waals surface area (Å²) < 4.78 is 5.78. The minimum atomic E-state index is -0.511. The van der Waals surface area contributed by atoms with E-state index in [0.717, 1.165) is 5.56 Å². The van der Waals surface area contributed by atoms with Gasteiger partial charge in [-0.2, -0.15) is 0 Å². The summed E-state index contributed by atoms with van der Waals surface area (Å²) in [5.41, 5.74) is 2.39. The molecule has 31 heavy (non-hydrogen) atoms. The normalized spacial score (nSPS) is 12.2. The van der Waals surface area contributed by atoms with Gasteiger partial charge >= 0.3 is 0 Å². The molecule has 5 heteroatoms. The van der Waals surface area contributed by atoms with Crippen molar-refractivity contribution in [2.24, 2.45) is 0 Å². The van der Waals surface area contributed by atoms with Gasteiger partial charge in [-0.05, 0) is 48.4 Å². The molecule has 0 aliphatic carbocycles. The molecule has 0 saturated carbocycles. The largest absolute Gasteiger partial charge is 0.484 e. The van der Waals surface area contributed by atoms with Crippen molar-refractivity contribution in [1.29, 1.82) is 0 Å². The molecule has 0 bridgehead atoms. The Hall–Kier alpha value is -2.82. The van der Waals surface area contributed by atoms with E-state index in [0.29, 0.717) is 31.7 Å². The second kappa shape index (κ2) is 11.5. The molecule has 0 aliphatic rings. The highest BCUT2D eigenvalue weighted by molar-refractivity contribution is 5.88. The monoisotopic (exact) mass is 424 g/mol. The van der Waals surface area contributed by atoms with E-state index in [9.17, 15) is 9.59 Å². The maximum absolute atomic E-state index is 13.1. The van der Waals surface area contributed by atoms with Gasteiger partial charge in [-0.1, -0.05) is 70.2 Å². The van der Waals surface area contributed by atoms with E-state index in [-0.39, 0.29) is 23.8 Å². The first-order valence-corrected chi connectivity index (χ1v) is 11.1. The van der Waals surface area contributed by atoms with Gasteiger partial charge in [0.2, 0.25) is 5.91 Å². The first-order valence-electron chi connectivity index (χ1n) is 11.1. The number of carbonyl (C=O) groups is 2. The molecule has 0 radical (unpaired) electrons.